The van der Waals surface area contributed by atoms with Crippen molar-refractivity contribution in [3.63, 3.8) is 0 Å². The quantitative estimate of drug-likeness (QED) is 0.628. The monoisotopic (exact) mass is 442 g/mol. The van der Waals surface area contributed by atoms with E-state index in [1.165, 1.54) is 12.1 Å². The molecule has 0 radical (unpaired) electrons. The van der Waals surface area contributed by atoms with Gasteiger partial charge in [-0.2, -0.15) is 18.4 Å². The first-order valence-corrected chi connectivity index (χ1v) is 10.0. The van der Waals surface area contributed by atoms with E-state index in [2.05, 4.69) is 9.97 Å². The van der Waals surface area contributed by atoms with Crippen LogP contribution in [0.25, 0.3) is 11.0 Å². The van der Waals surface area contributed by atoms with Crippen molar-refractivity contribution in [2.45, 2.75) is 39.1 Å². The molecule has 1 saturated heterocycles. The highest BCUT2D eigenvalue weighted by molar-refractivity contribution is 5.85. The Morgan fingerprint density at radius 2 is 2.00 bits per heavy atom. The Balaban J connectivity index is 1.61. The Labute approximate surface area is 182 Å². The molecule has 4 rings (SSSR count). The van der Waals surface area contributed by atoms with Crippen molar-refractivity contribution in [3.05, 3.63) is 59.4 Å². The zero-order chi connectivity index (χ0) is 23.3. The average Bonchev–Trinajstić information content (AvgIpc) is 3.27. The number of ether oxygens (including phenoxy) is 1. The molecule has 2 atom stereocenters. The number of aromatic nitrogens is 2. The molecule has 0 saturated carbocycles. The van der Waals surface area contributed by atoms with E-state index in [0.717, 1.165) is 23.2 Å². The molecular weight excluding hydrogens is 421 g/mol. The number of hydrogen-bond acceptors (Lipinski definition) is 4. The van der Waals surface area contributed by atoms with E-state index in [0.29, 0.717) is 12.4 Å². The highest BCUT2D eigenvalue weighted by Crippen LogP contribution is 2.40. The number of benzene rings is 2. The van der Waals surface area contributed by atoms with Gasteiger partial charge in [0.1, 0.15) is 11.6 Å². The molecule has 1 amide bonds. The SMILES string of the molecule is CC(c1nc2ccccc2[nH]1)N1CC(C)(C)C(Oc2ccc(C#N)c(C(F)(F)F)c2)C1=O. The molecule has 6 nitrogen and oxygen atoms in total. The predicted octanol–water partition coefficient (Wildman–Crippen LogP) is 4.83. The summed E-state index contributed by atoms with van der Waals surface area (Å²) in [7, 11) is 0. The van der Waals surface area contributed by atoms with E-state index in [9.17, 15) is 18.0 Å². The number of likely N-dealkylation sites (tertiary alicyclic amines) is 1. The molecule has 1 N–H and O–H groups in total. The van der Waals surface area contributed by atoms with Gasteiger partial charge in [-0.3, -0.25) is 4.79 Å². The first-order valence-electron chi connectivity index (χ1n) is 10.0. The Morgan fingerprint density at radius 1 is 1.28 bits per heavy atom. The summed E-state index contributed by atoms with van der Waals surface area (Å²) in [5, 5.41) is 8.98. The Hall–Kier alpha value is -3.54. The van der Waals surface area contributed by atoms with Crippen molar-refractivity contribution in [2.75, 3.05) is 6.54 Å². The third kappa shape index (κ3) is 3.77. The van der Waals surface area contributed by atoms with Crippen molar-refractivity contribution >= 4 is 16.9 Å². The van der Waals surface area contributed by atoms with E-state index >= 15 is 0 Å². The van der Waals surface area contributed by atoms with Crippen LogP contribution in [0.15, 0.2) is 42.5 Å². The van der Waals surface area contributed by atoms with E-state index in [4.69, 9.17) is 10.00 Å². The number of H-pyrrole nitrogens is 1. The molecular formula is C23H21F3N4O2. The number of carbonyl (C=O) groups excluding carboxylic acids is 1. The van der Waals surface area contributed by atoms with Gasteiger partial charge in [-0.15, -0.1) is 0 Å². The van der Waals surface area contributed by atoms with Gasteiger partial charge in [0, 0.05) is 12.0 Å². The summed E-state index contributed by atoms with van der Waals surface area (Å²) in [6.07, 6.45) is -5.69. The number of rotatable bonds is 4. The molecule has 0 aliphatic carbocycles. The van der Waals surface area contributed by atoms with Crippen molar-refractivity contribution in [2.24, 2.45) is 5.41 Å². The number of halogens is 3. The minimum atomic E-state index is -4.71. The van der Waals surface area contributed by atoms with E-state index in [1.807, 2.05) is 45.0 Å². The fourth-order valence-corrected chi connectivity index (χ4v) is 4.01. The molecule has 1 aliphatic heterocycles. The smallest absolute Gasteiger partial charge is 0.417 e. The standard InChI is InChI=1S/C23H21F3N4O2/c1-13(20-28-17-6-4-5-7-18(17)29-20)30-12-22(2,3)19(21(30)31)32-15-9-8-14(11-27)16(10-15)23(24,25)26/h4-10,13,19H,12H2,1-3H3,(H,28,29). The fourth-order valence-electron chi connectivity index (χ4n) is 4.01. The number of imidazole rings is 1. The van der Waals surface area contributed by atoms with Crippen molar-refractivity contribution in [1.82, 2.24) is 14.9 Å². The Kier molecular flexibility index (Phi) is 5.12. The molecule has 1 aromatic heterocycles. The second-order valence-electron chi connectivity index (χ2n) is 8.58. The van der Waals surface area contributed by atoms with Gasteiger partial charge in [-0.1, -0.05) is 26.0 Å². The minimum Gasteiger partial charge on any atom is -0.480 e. The predicted molar refractivity (Wildman–Crippen MR) is 111 cm³/mol. The van der Waals surface area contributed by atoms with E-state index in [-0.39, 0.29) is 17.7 Å². The third-order valence-electron chi connectivity index (χ3n) is 5.74. The zero-order valence-electron chi connectivity index (χ0n) is 17.7. The van der Waals surface area contributed by atoms with Gasteiger partial charge in [0.15, 0.2) is 6.10 Å². The van der Waals surface area contributed by atoms with Gasteiger partial charge in [-0.25, -0.2) is 4.98 Å². The molecule has 2 heterocycles. The lowest BCUT2D eigenvalue weighted by molar-refractivity contribution is -0.138. The molecule has 0 spiro atoms. The van der Waals surface area contributed by atoms with Crippen LogP contribution in [0.5, 0.6) is 5.75 Å². The lowest BCUT2D eigenvalue weighted by Gasteiger charge is -2.25. The lowest BCUT2D eigenvalue weighted by atomic mass is 9.89. The van der Waals surface area contributed by atoms with Crippen LogP contribution < -0.4 is 4.74 Å². The Bertz CT molecular complexity index is 1190. The highest BCUT2D eigenvalue weighted by Gasteiger charge is 2.50. The molecule has 1 fully saturated rings. The fraction of sp³-hybridized carbons (Fsp3) is 0.348. The van der Waals surface area contributed by atoms with Gasteiger partial charge >= 0.3 is 6.18 Å². The summed E-state index contributed by atoms with van der Waals surface area (Å²) < 4.78 is 45.7. The third-order valence-corrected chi connectivity index (χ3v) is 5.74. The van der Waals surface area contributed by atoms with Crippen LogP contribution in [0.1, 0.15) is 43.8 Å². The van der Waals surface area contributed by atoms with Crippen molar-refractivity contribution in [1.29, 1.82) is 5.26 Å². The molecule has 3 aromatic rings. The summed E-state index contributed by atoms with van der Waals surface area (Å²) in [5.41, 5.74) is -0.616. The number of carbonyl (C=O) groups is 1. The number of alkyl halides is 3. The number of nitrogens with one attached hydrogen (secondary N) is 1. The van der Waals surface area contributed by atoms with Crippen LogP contribution in [-0.4, -0.2) is 33.4 Å². The number of hydrogen-bond donors (Lipinski definition) is 1. The molecule has 2 aromatic carbocycles. The molecule has 32 heavy (non-hydrogen) atoms. The summed E-state index contributed by atoms with van der Waals surface area (Å²) in [5.74, 6) is 0.176. The van der Waals surface area contributed by atoms with Gasteiger partial charge in [0.2, 0.25) is 0 Å². The lowest BCUT2D eigenvalue weighted by Crippen LogP contribution is -2.37. The van der Waals surface area contributed by atoms with Crippen molar-refractivity contribution in [3.8, 4) is 11.8 Å². The largest absolute Gasteiger partial charge is 0.480 e. The maximum Gasteiger partial charge on any atom is 0.417 e. The molecule has 2 unspecified atom stereocenters. The van der Waals surface area contributed by atoms with Gasteiger partial charge < -0.3 is 14.6 Å². The zero-order valence-corrected chi connectivity index (χ0v) is 17.7. The van der Waals surface area contributed by atoms with Crippen LogP contribution in [0.2, 0.25) is 0 Å². The van der Waals surface area contributed by atoms with Crippen LogP contribution in [0.3, 0.4) is 0 Å². The minimum absolute atomic E-state index is 0.110. The number of nitriles is 1. The topological polar surface area (TPSA) is 82.0 Å². The maximum absolute atomic E-state index is 13.3. The number of amides is 1. The van der Waals surface area contributed by atoms with Crippen LogP contribution in [0.4, 0.5) is 13.2 Å². The van der Waals surface area contributed by atoms with Gasteiger partial charge in [0.05, 0.1) is 34.3 Å². The second kappa shape index (κ2) is 7.55. The highest BCUT2D eigenvalue weighted by atomic mass is 19.4. The number of fused-ring (bicyclic) bond motifs is 1. The summed E-state index contributed by atoms with van der Waals surface area (Å²) in [6.45, 7) is 5.85. The van der Waals surface area contributed by atoms with E-state index < -0.39 is 28.8 Å². The normalized spacial score (nSPS) is 19.2. The number of nitrogens with zero attached hydrogens (tertiary/aromatic N) is 3. The summed E-state index contributed by atoms with van der Waals surface area (Å²) >= 11 is 0. The van der Waals surface area contributed by atoms with Crippen LogP contribution in [0, 0.1) is 16.7 Å². The molecule has 166 valence electrons. The van der Waals surface area contributed by atoms with Gasteiger partial charge in [-0.05, 0) is 37.3 Å². The second-order valence-corrected chi connectivity index (χ2v) is 8.58. The maximum atomic E-state index is 13.3. The van der Waals surface area contributed by atoms with Crippen LogP contribution in [-0.2, 0) is 11.0 Å². The first-order chi connectivity index (χ1) is 15.0. The molecule has 9 heteroatoms. The molecule has 1 aliphatic rings. The number of para-hydroxylation sites is 2. The van der Waals surface area contributed by atoms with E-state index in [1.54, 1.807) is 4.90 Å². The average molecular weight is 442 g/mol. The van der Waals surface area contributed by atoms with Crippen LogP contribution >= 0.6 is 0 Å². The number of aromatic amines is 1. The first kappa shape index (κ1) is 21.7. The van der Waals surface area contributed by atoms with Gasteiger partial charge in [0.25, 0.3) is 5.91 Å². The summed E-state index contributed by atoms with van der Waals surface area (Å²) in [6, 6.07) is 11.8. The Morgan fingerprint density at radius 3 is 2.66 bits per heavy atom. The van der Waals surface area contributed by atoms with Crippen molar-refractivity contribution < 1.29 is 22.7 Å². The summed E-state index contributed by atoms with van der Waals surface area (Å²) in [4.78, 5) is 22.6. The molecule has 0 bridgehead atoms.